The lowest BCUT2D eigenvalue weighted by Crippen LogP contribution is -2.43. The number of hydrogen-bond acceptors (Lipinski definition) is 4. The van der Waals surface area contributed by atoms with E-state index in [9.17, 15) is 18.8 Å². The molecule has 1 fully saturated rings. The van der Waals surface area contributed by atoms with Crippen molar-refractivity contribution in [1.29, 1.82) is 0 Å². The lowest BCUT2D eigenvalue weighted by atomic mass is 9.99. The number of hydrogen-bond donors (Lipinski definition) is 0. The van der Waals surface area contributed by atoms with Gasteiger partial charge < -0.3 is 14.2 Å². The van der Waals surface area contributed by atoms with Crippen LogP contribution in [0, 0.1) is 25.6 Å². The largest absolute Gasteiger partial charge is 0.461 e. The molecule has 1 heterocycles. The fraction of sp³-hybridized carbons (Fsp3) is 0.480. The summed E-state index contributed by atoms with van der Waals surface area (Å²) in [6.45, 7) is 9.91. The van der Waals surface area contributed by atoms with Crippen LogP contribution in [0.2, 0.25) is 0 Å². The molecule has 0 aliphatic heterocycles. The van der Waals surface area contributed by atoms with E-state index in [4.69, 9.17) is 4.74 Å². The summed E-state index contributed by atoms with van der Waals surface area (Å²) < 4.78 is 20.3. The van der Waals surface area contributed by atoms with Gasteiger partial charge in [-0.3, -0.25) is 9.59 Å². The third-order valence-corrected chi connectivity index (χ3v) is 6.12. The number of esters is 1. The molecule has 0 radical (unpaired) electrons. The maximum atomic E-state index is 13.7. The van der Waals surface area contributed by atoms with Crippen molar-refractivity contribution < 1.29 is 23.5 Å². The number of carbonyl (C=O) groups excluding carboxylic acids is 3. The Morgan fingerprint density at radius 2 is 1.78 bits per heavy atom. The van der Waals surface area contributed by atoms with Gasteiger partial charge in [0.05, 0.1) is 12.6 Å². The smallest absolute Gasteiger partial charge is 0.355 e. The van der Waals surface area contributed by atoms with Crippen molar-refractivity contribution in [3.05, 3.63) is 58.2 Å². The summed E-state index contributed by atoms with van der Waals surface area (Å²) in [7, 11) is 0. The minimum Gasteiger partial charge on any atom is -0.461 e. The normalized spacial score (nSPS) is 14.2. The monoisotopic (exact) mass is 442 g/mol. The second kappa shape index (κ2) is 9.67. The Kier molecular flexibility index (Phi) is 7.16. The molecule has 7 heteroatoms. The highest BCUT2D eigenvalue weighted by Gasteiger charge is 2.38. The third-order valence-electron chi connectivity index (χ3n) is 6.12. The van der Waals surface area contributed by atoms with Crippen LogP contribution in [0.1, 0.15) is 71.3 Å². The Hall–Kier alpha value is -2.96. The summed E-state index contributed by atoms with van der Waals surface area (Å²) in [5.41, 5.74) is 2.84. The number of amides is 1. The highest BCUT2D eigenvalue weighted by Crippen LogP contribution is 2.33. The molecular weight excluding hydrogens is 411 g/mol. The van der Waals surface area contributed by atoms with Crippen molar-refractivity contribution in [2.24, 2.45) is 5.92 Å². The molecule has 0 bridgehead atoms. The van der Waals surface area contributed by atoms with Gasteiger partial charge in [0, 0.05) is 30.3 Å². The van der Waals surface area contributed by atoms with Gasteiger partial charge in [-0.15, -0.1) is 0 Å². The Morgan fingerprint density at radius 3 is 2.31 bits per heavy atom. The molecule has 1 unspecified atom stereocenters. The van der Waals surface area contributed by atoms with E-state index in [2.05, 4.69) is 0 Å². The predicted molar refractivity (Wildman–Crippen MR) is 119 cm³/mol. The summed E-state index contributed by atoms with van der Waals surface area (Å²) in [6, 6.07) is 5.23. The number of nitrogens with zero attached hydrogens (tertiary/aromatic N) is 2. The van der Waals surface area contributed by atoms with E-state index < -0.39 is 12.0 Å². The molecule has 1 aliphatic rings. The van der Waals surface area contributed by atoms with Crippen molar-refractivity contribution in [2.75, 3.05) is 6.61 Å². The molecule has 2 aromatic rings. The molecule has 1 aromatic heterocycles. The summed E-state index contributed by atoms with van der Waals surface area (Å²) >= 11 is 0. The molecule has 172 valence electrons. The Balaban J connectivity index is 1.97. The fourth-order valence-electron chi connectivity index (χ4n) is 4.22. The molecule has 32 heavy (non-hydrogen) atoms. The molecule has 0 saturated heterocycles. The fourth-order valence-corrected chi connectivity index (χ4v) is 4.22. The lowest BCUT2D eigenvalue weighted by Gasteiger charge is -2.29. The van der Waals surface area contributed by atoms with Crippen LogP contribution in [-0.2, 0) is 22.6 Å². The first-order valence-electron chi connectivity index (χ1n) is 11.2. The van der Waals surface area contributed by atoms with Crippen molar-refractivity contribution in [3.8, 4) is 0 Å². The molecule has 1 amide bonds. The van der Waals surface area contributed by atoms with E-state index in [1.54, 1.807) is 42.4 Å². The maximum absolute atomic E-state index is 13.7. The molecule has 6 nitrogen and oxygen atoms in total. The van der Waals surface area contributed by atoms with Crippen LogP contribution < -0.4 is 0 Å². The zero-order chi connectivity index (χ0) is 23.6. The van der Waals surface area contributed by atoms with E-state index >= 15 is 0 Å². The van der Waals surface area contributed by atoms with Crippen molar-refractivity contribution in [3.63, 3.8) is 0 Å². The van der Waals surface area contributed by atoms with Gasteiger partial charge in [-0.1, -0.05) is 12.1 Å². The Bertz CT molecular complexity index is 1020. The molecule has 1 aliphatic carbocycles. The Labute approximate surface area is 188 Å². The van der Waals surface area contributed by atoms with Gasteiger partial charge in [-0.25, -0.2) is 9.18 Å². The second-order valence-electron chi connectivity index (χ2n) is 8.31. The molecular formula is C25H31FN2O4. The predicted octanol–water partition coefficient (Wildman–Crippen LogP) is 4.45. The van der Waals surface area contributed by atoms with Crippen molar-refractivity contribution >= 4 is 17.7 Å². The second-order valence-corrected chi connectivity index (χ2v) is 8.31. The van der Waals surface area contributed by atoms with E-state index in [0.717, 1.165) is 18.4 Å². The minimum absolute atomic E-state index is 0.0639. The number of benzene rings is 1. The quantitative estimate of drug-likeness (QED) is 0.425. The number of ether oxygens (including phenoxy) is 1. The molecule has 1 atom stereocenters. The van der Waals surface area contributed by atoms with Crippen LogP contribution in [0.3, 0.4) is 0 Å². The zero-order valence-corrected chi connectivity index (χ0v) is 19.4. The van der Waals surface area contributed by atoms with Gasteiger partial charge in [0.25, 0.3) is 0 Å². The number of ketones is 1. The third kappa shape index (κ3) is 4.61. The molecule has 1 aromatic carbocycles. The zero-order valence-electron chi connectivity index (χ0n) is 19.4. The van der Waals surface area contributed by atoms with Crippen LogP contribution >= 0.6 is 0 Å². The summed E-state index contributed by atoms with van der Waals surface area (Å²) in [6.07, 6.45) is 1.63. The SMILES string of the molecule is CCOC(=O)c1c(C)c(C(=O)C(C)N(Cc2ccc(F)cc2)C(=O)C2CC2)c(C)n1CC. The lowest BCUT2D eigenvalue weighted by molar-refractivity contribution is -0.134. The van der Waals surface area contributed by atoms with Gasteiger partial charge in [-0.05, 0) is 70.7 Å². The summed E-state index contributed by atoms with van der Waals surface area (Å²) in [5, 5.41) is 0. The van der Waals surface area contributed by atoms with E-state index in [-0.39, 0.29) is 36.6 Å². The van der Waals surface area contributed by atoms with Crippen LogP contribution in [-0.4, -0.2) is 39.8 Å². The first kappa shape index (κ1) is 23.7. The standard InChI is InChI=1S/C25H31FN2O4/c1-6-27-16(4)21(15(3)22(27)25(31)32-7-2)23(29)17(5)28(24(30)19-10-11-19)14-18-8-12-20(26)13-9-18/h8-9,12-13,17,19H,6-7,10-11,14H2,1-5H3. The van der Waals surface area contributed by atoms with Crippen LogP contribution in [0.4, 0.5) is 4.39 Å². The molecule has 1 saturated carbocycles. The highest BCUT2D eigenvalue weighted by atomic mass is 19.1. The topological polar surface area (TPSA) is 68.6 Å². The Morgan fingerprint density at radius 1 is 1.16 bits per heavy atom. The number of rotatable bonds is 9. The van der Waals surface area contributed by atoms with Crippen LogP contribution in [0.5, 0.6) is 0 Å². The van der Waals surface area contributed by atoms with Gasteiger partial charge in [0.15, 0.2) is 5.78 Å². The van der Waals surface area contributed by atoms with Crippen molar-refractivity contribution in [2.45, 2.75) is 66.6 Å². The average Bonchev–Trinajstić information content (AvgIpc) is 3.57. The maximum Gasteiger partial charge on any atom is 0.355 e. The molecule has 0 N–H and O–H groups in total. The van der Waals surface area contributed by atoms with Gasteiger partial charge in [0.2, 0.25) is 5.91 Å². The van der Waals surface area contributed by atoms with Crippen LogP contribution in [0.25, 0.3) is 0 Å². The molecule has 0 spiro atoms. The number of carbonyl (C=O) groups is 3. The van der Waals surface area contributed by atoms with Gasteiger partial charge in [-0.2, -0.15) is 0 Å². The van der Waals surface area contributed by atoms with Crippen molar-refractivity contribution in [1.82, 2.24) is 9.47 Å². The summed E-state index contributed by atoms with van der Waals surface area (Å²) in [5.74, 6) is -1.15. The van der Waals surface area contributed by atoms with E-state index in [0.29, 0.717) is 29.1 Å². The van der Waals surface area contributed by atoms with Crippen LogP contribution in [0.15, 0.2) is 24.3 Å². The number of halogens is 1. The first-order chi connectivity index (χ1) is 15.2. The van der Waals surface area contributed by atoms with Gasteiger partial charge in [0.1, 0.15) is 11.5 Å². The van der Waals surface area contributed by atoms with E-state index in [1.165, 1.54) is 12.1 Å². The average molecular weight is 443 g/mol. The van der Waals surface area contributed by atoms with Gasteiger partial charge >= 0.3 is 5.97 Å². The summed E-state index contributed by atoms with van der Waals surface area (Å²) in [4.78, 5) is 40.9. The minimum atomic E-state index is -0.728. The number of aromatic nitrogens is 1. The number of Topliss-reactive ketones (excluding diaryl/α,β-unsaturated/α-hetero) is 1. The first-order valence-corrected chi connectivity index (χ1v) is 11.2. The highest BCUT2D eigenvalue weighted by molar-refractivity contribution is 6.06. The van der Waals surface area contributed by atoms with E-state index in [1.807, 2.05) is 13.8 Å². The molecule has 3 rings (SSSR count).